The van der Waals surface area contributed by atoms with Crippen LogP contribution < -0.4 is 20.1 Å². The molecular formula is C19H32N2O4. The van der Waals surface area contributed by atoms with Crippen molar-refractivity contribution >= 4 is 6.09 Å². The van der Waals surface area contributed by atoms with Gasteiger partial charge in [0, 0.05) is 25.2 Å². The van der Waals surface area contributed by atoms with Gasteiger partial charge in [0.1, 0.15) is 17.1 Å². The molecule has 6 heteroatoms. The van der Waals surface area contributed by atoms with Crippen LogP contribution in [-0.2, 0) is 11.3 Å². The molecule has 1 aromatic carbocycles. The Morgan fingerprint density at radius 2 is 1.72 bits per heavy atom. The molecule has 1 atom stereocenters. The fourth-order valence-corrected chi connectivity index (χ4v) is 2.41. The molecule has 0 radical (unpaired) electrons. The largest absolute Gasteiger partial charge is 0.497 e. The minimum atomic E-state index is -0.495. The van der Waals surface area contributed by atoms with Gasteiger partial charge in [-0.05, 0) is 44.9 Å². The summed E-state index contributed by atoms with van der Waals surface area (Å²) in [5.41, 5.74) is 0.564. The molecule has 25 heavy (non-hydrogen) atoms. The van der Waals surface area contributed by atoms with Crippen LogP contribution >= 0.6 is 0 Å². The molecule has 1 aromatic rings. The van der Waals surface area contributed by atoms with Gasteiger partial charge in [0.15, 0.2) is 0 Å². The molecule has 0 aliphatic carbocycles. The molecule has 0 bridgehead atoms. The van der Waals surface area contributed by atoms with Crippen LogP contribution in [0.1, 0.15) is 46.1 Å². The Morgan fingerprint density at radius 3 is 2.20 bits per heavy atom. The average molecular weight is 352 g/mol. The van der Waals surface area contributed by atoms with E-state index < -0.39 is 5.60 Å². The molecule has 0 aromatic heterocycles. The lowest BCUT2D eigenvalue weighted by atomic mass is 10.1. The third-order valence-electron chi connectivity index (χ3n) is 3.49. The van der Waals surface area contributed by atoms with Gasteiger partial charge in [-0.1, -0.05) is 13.3 Å². The Hall–Kier alpha value is -1.95. The summed E-state index contributed by atoms with van der Waals surface area (Å²) in [5.74, 6) is 1.52. The minimum Gasteiger partial charge on any atom is -0.497 e. The number of amides is 1. The SMILES string of the molecule is CCCC(CNCc1cc(OC)cc(OC)c1)NC(=O)OC(C)(C)C. The van der Waals surface area contributed by atoms with Gasteiger partial charge in [0.2, 0.25) is 0 Å². The fraction of sp³-hybridized carbons (Fsp3) is 0.632. The predicted octanol–water partition coefficient (Wildman–Crippen LogP) is 3.49. The standard InChI is InChI=1S/C19H32N2O4/c1-7-8-15(21-18(22)25-19(2,3)4)13-20-12-14-9-16(23-5)11-17(10-14)24-6/h9-11,15,20H,7-8,12-13H2,1-6H3,(H,21,22). The number of hydrogen-bond donors (Lipinski definition) is 2. The summed E-state index contributed by atoms with van der Waals surface area (Å²) in [5, 5.41) is 6.31. The maximum Gasteiger partial charge on any atom is 0.407 e. The lowest BCUT2D eigenvalue weighted by molar-refractivity contribution is 0.0501. The number of nitrogens with one attached hydrogen (secondary N) is 2. The van der Waals surface area contributed by atoms with E-state index in [4.69, 9.17) is 14.2 Å². The summed E-state index contributed by atoms with van der Waals surface area (Å²) >= 11 is 0. The topological polar surface area (TPSA) is 68.8 Å². The van der Waals surface area contributed by atoms with Crippen molar-refractivity contribution in [2.45, 2.75) is 58.7 Å². The highest BCUT2D eigenvalue weighted by molar-refractivity contribution is 5.68. The van der Waals surface area contributed by atoms with E-state index >= 15 is 0 Å². The first-order valence-corrected chi connectivity index (χ1v) is 8.69. The van der Waals surface area contributed by atoms with Crippen LogP contribution in [0.5, 0.6) is 11.5 Å². The van der Waals surface area contributed by atoms with Crippen LogP contribution in [0.3, 0.4) is 0 Å². The zero-order chi connectivity index (χ0) is 18.9. The normalized spacial score (nSPS) is 12.4. The number of methoxy groups -OCH3 is 2. The number of carbonyl (C=O) groups excluding carboxylic acids is 1. The van der Waals surface area contributed by atoms with Crippen molar-refractivity contribution in [1.82, 2.24) is 10.6 Å². The molecule has 6 nitrogen and oxygen atoms in total. The number of benzene rings is 1. The third-order valence-corrected chi connectivity index (χ3v) is 3.49. The molecule has 0 heterocycles. The van der Waals surface area contributed by atoms with E-state index in [1.165, 1.54) is 0 Å². The van der Waals surface area contributed by atoms with E-state index in [1.807, 2.05) is 39.0 Å². The number of carbonyl (C=O) groups is 1. The summed E-state index contributed by atoms with van der Waals surface area (Å²) in [4.78, 5) is 11.9. The molecule has 2 N–H and O–H groups in total. The Kier molecular flexibility index (Phi) is 8.55. The maximum absolute atomic E-state index is 11.9. The van der Waals surface area contributed by atoms with Crippen LogP contribution in [0, 0.1) is 0 Å². The monoisotopic (exact) mass is 352 g/mol. The van der Waals surface area contributed by atoms with Crippen LogP contribution in [0.2, 0.25) is 0 Å². The van der Waals surface area contributed by atoms with E-state index in [-0.39, 0.29) is 12.1 Å². The predicted molar refractivity (Wildman–Crippen MR) is 99.3 cm³/mol. The van der Waals surface area contributed by atoms with E-state index in [2.05, 4.69) is 17.6 Å². The average Bonchev–Trinajstić information content (AvgIpc) is 2.52. The number of hydrogen-bond acceptors (Lipinski definition) is 5. The number of ether oxygens (including phenoxy) is 3. The van der Waals surface area contributed by atoms with Crippen molar-refractivity contribution < 1.29 is 19.0 Å². The van der Waals surface area contributed by atoms with E-state index in [1.54, 1.807) is 14.2 Å². The Morgan fingerprint density at radius 1 is 1.12 bits per heavy atom. The fourth-order valence-electron chi connectivity index (χ4n) is 2.41. The second kappa shape index (κ2) is 10.1. The van der Waals surface area contributed by atoms with Crippen LogP contribution in [0.4, 0.5) is 4.79 Å². The molecule has 0 fully saturated rings. The molecule has 0 saturated heterocycles. The lowest BCUT2D eigenvalue weighted by Gasteiger charge is -2.23. The molecule has 0 spiro atoms. The highest BCUT2D eigenvalue weighted by Gasteiger charge is 2.19. The highest BCUT2D eigenvalue weighted by Crippen LogP contribution is 2.22. The van der Waals surface area contributed by atoms with Gasteiger partial charge < -0.3 is 24.8 Å². The molecular weight excluding hydrogens is 320 g/mol. The summed E-state index contributed by atoms with van der Waals surface area (Å²) in [7, 11) is 3.27. The van der Waals surface area contributed by atoms with Gasteiger partial charge in [-0.2, -0.15) is 0 Å². The second-order valence-corrected chi connectivity index (χ2v) is 6.98. The van der Waals surface area contributed by atoms with E-state index in [9.17, 15) is 4.79 Å². The van der Waals surface area contributed by atoms with Crippen LogP contribution in [0.25, 0.3) is 0 Å². The Balaban J connectivity index is 2.56. The second-order valence-electron chi connectivity index (χ2n) is 6.98. The van der Waals surface area contributed by atoms with E-state index in [0.717, 1.165) is 29.9 Å². The van der Waals surface area contributed by atoms with Gasteiger partial charge in [-0.25, -0.2) is 4.79 Å². The summed E-state index contributed by atoms with van der Waals surface area (Å²) in [6.45, 7) is 8.98. The van der Waals surface area contributed by atoms with Crippen LogP contribution in [0.15, 0.2) is 18.2 Å². The summed E-state index contributed by atoms with van der Waals surface area (Å²) < 4.78 is 15.9. The summed E-state index contributed by atoms with van der Waals surface area (Å²) in [6.07, 6.45) is 1.49. The summed E-state index contributed by atoms with van der Waals surface area (Å²) in [6, 6.07) is 5.79. The van der Waals surface area contributed by atoms with Gasteiger partial charge in [0.25, 0.3) is 0 Å². The first-order chi connectivity index (χ1) is 11.8. The number of alkyl carbamates (subject to hydrolysis) is 1. The van der Waals surface area contributed by atoms with Gasteiger partial charge >= 0.3 is 6.09 Å². The molecule has 0 aliphatic rings. The quantitative estimate of drug-likeness (QED) is 0.712. The lowest BCUT2D eigenvalue weighted by Crippen LogP contribution is -2.44. The Bertz CT molecular complexity index is 518. The highest BCUT2D eigenvalue weighted by atomic mass is 16.6. The number of rotatable bonds is 9. The molecule has 1 rings (SSSR count). The maximum atomic E-state index is 11.9. The van der Waals surface area contributed by atoms with Crippen LogP contribution in [-0.4, -0.2) is 38.5 Å². The minimum absolute atomic E-state index is 0.0207. The van der Waals surface area contributed by atoms with Crippen molar-refractivity contribution in [1.29, 1.82) is 0 Å². The molecule has 142 valence electrons. The Labute approximate surface area is 151 Å². The molecule has 1 unspecified atom stereocenters. The van der Waals surface area contributed by atoms with Gasteiger partial charge in [-0.3, -0.25) is 0 Å². The van der Waals surface area contributed by atoms with Crippen molar-refractivity contribution in [3.63, 3.8) is 0 Å². The van der Waals surface area contributed by atoms with Crippen molar-refractivity contribution in [2.75, 3.05) is 20.8 Å². The van der Waals surface area contributed by atoms with Gasteiger partial charge in [-0.15, -0.1) is 0 Å². The molecule has 1 amide bonds. The van der Waals surface area contributed by atoms with Crippen molar-refractivity contribution in [3.05, 3.63) is 23.8 Å². The zero-order valence-electron chi connectivity index (χ0n) is 16.3. The first-order valence-electron chi connectivity index (χ1n) is 8.69. The molecule has 0 saturated carbocycles. The zero-order valence-corrected chi connectivity index (χ0v) is 16.3. The van der Waals surface area contributed by atoms with Gasteiger partial charge in [0.05, 0.1) is 14.2 Å². The van der Waals surface area contributed by atoms with Crippen molar-refractivity contribution in [2.24, 2.45) is 0 Å². The van der Waals surface area contributed by atoms with Crippen molar-refractivity contribution in [3.8, 4) is 11.5 Å². The third kappa shape index (κ3) is 8.63. The smallest absolute Gasteiger partial charge is 0.407 e. The first kappa shape index (κ1) is 21.1. The van der Waals surface area contributed by atoms with E-state index in [0.29, 0.717) is 13.1 Å². The molecule has 0 aliphatic heterocycles.